The molecule has 1 saturated heterocycles. The highest BCUT2D eigenvalue weighted by Gasteiger charge is 2.18. The van der Waals surface area contributed by atoms with Crippen LogP contribution in [0.25, 0.3) is 6.08 Å². The zero-order valence-electron chi connectivity index (χ0n) is 15.7. The quantitative estimate of drug-likeness (QED) is 0.754. The van der Waals surface area contributed by atoms with Crippen LogP contribution in [0.15, 0.2) is 54.6 Å². The lowest BCUT2D eigenvalue weighted by atomic mass is 10.2. The molecule has 1 aliphatic rings. The molecule has 138 valence electrons. The molecule has 0 saturated carbocycles. The van der Waals surface area contributed by atoms with Crippen molar-refractivity contribution in [1.82, 2.24) is 4.90 Å². The van der Waals surface area contributed by atoms with Crippen LogP contribution in [0.1, 0.15) is 12.5 Å². The molecule has 0 amide bonds. The van der Waals surface area contributed by atoms with Crippen molar-refractivity contribution >= 4 is 11.8 Å². The molecule has 1 heterocycles. The summed E-state index contributed by atoms with van der Waals surface area (Å²) in [5, 5.41) is 0. The fourth-order valence-electron chi connectivity index (χ4n) is 3.30. The van der Waals surface area contributed by atoms with Gasteiger partial charge in [0.25, 0.3) is 0 Å². The second kappa shape index (κ2) is 9.30. The molecule has 0 aromatic heterocycles. The Balaban J connectivity index is 1.54. The Morgan fingerprint density at radius 2 is 1.62 bits per heavy atom. The molecular formula is C22H28N2O2. The normalized spacial score (nSPS) is 15.4. The number of benzene rings is 2. The number of hydrogen-bond donors (Lipinski definition) is 0. The Labute approximate surface area is 156 Å². The second-order valence-corrected chi connectivity index (χ2v) is 6.33. The maximum absolute atomic E-state index is 5.77. The zero-order chi connectivity index (χ0) is 18.2. The van der Waals surface area contributed by atoms with Gasteiger partial charge >= 0.3 is 0 Å². The van der Waals surface area contributed by atoms with Crippen molar-refractivity contribution in [3.8, 4) is 11.5 Å². The van der Waals surface area contributed by atoms with E-state index in [4.69, 9.17) is 9.47 Å². The van der Waals surface area contributed by atoms with Gasteiger partial charge < -0.3 is 14.4 Å². The summed E-state index contributed by atoms with van der Waals surface area (Å²) in [4.78, 5) is 4.90. The molecule has 1 fully saturated rings. The highest BCUT2D eigenvalue weighted by molar-refractivity contribution is 5.59. The van der Waals surface area contributed by atoms with E-state index in [9.17, 15) is 0 Å². The third-order valence-electron chi connectivity index (χ3n) is 4.68. The number of anilines is 1. The Hall–Kier alpha value is -2.46. The molecule has 0 aliphatic carbocycles. The molecule has 0 atom stereocenters. The van der Waals surface area contributed by atoms with Gasteiger partial charge in [0.15, 0.2) is 0 Å². The van der Waals surface area contributed by atoms with Gasteiger partial charge in [-0.3, -0.25) is 4.90 Å². The summed E-state index contributed by atoms with van der Waals surface area (Å²) >= 11 is 0. The molecular weight excluding hydrogens is 324 g/mol. The van der Waals surface area contributed by atoms with E-state index in [1.54, 1.807) is 7.11 Å². The third kappa shape index (κ3) is 4.58. The van der Waals surface area contributed by atoms with E-state index < -0.39 is 0 Å². The van der Waals surface area contributed by atoms with Crippen molar-refractivity contribution in [2.24, 2.45) is 0 Å². The molecule has 2 aromatic rings. The van der Waals surface area contributed by atoms with Crippen LogP contribution in [-0.4, -0.2) is 51.3 Å². The number of rotatable bonds is 7. The molecule has 0 radical (unpaired) electrons. The number of methoxy groups -OCH3 is 1. The minimum Gasteiger partial charge on any atom is -0.496 e. The Morgan fingerprint density at radius 1 is 0.923 bits per heavy atom. The van der Waals surface area contributed by atoms with Gasteiger partial charge in [0, 0.05) is 38.3 Å². The average molecular weight is 352 g/mol. The Bertz CT molecular complexity index is 722. The number of para-hydroxylation sites is 3. The van der Waals surface area contributed by atoms with Gasteiger partial charge in [0.1, 0.15) is 11.5 Å². The van der Waals surface area contributed by atoms with E-state index in [1.165, 1.54) is 5.69 Å². The third-order valence-corrected chi connectivity index (χ3v) is 4.68. The summed E-state index contributed by atoms with van der Waals surface area (Å²) in [6, 6.07) is 16.4. The fourth-order valence-corrected chi connectivity index (χ4v) is 3.30. The van der Waals surface area contributed by atoms with Crippen LogP contribution in [0.3, 0.4) is 0 Å². The predicted molar refractivity (Wildman–Crippen MR) is 108 cm³/mol. The van der Waals surface area contributed by atoms with Crippen LogP contribution >= 0.6 is 0 Å². The average Bonchev–Trinajstić information content (AvgIpc) is 2.70. The van der Waals surface area contributed by atoms with Gasteiger partial charge in [0.05, 0.1) is 19.4 Å². The van der Waals surface area contributed by atoms with Crippen molar-refractivity contribution in [3.05, 3.63) is 60.2 Å². The molecule has 4 nitrogen and oxygen atoms in total. The van der Waals surface area contributed by atoms with Crippen molar-refractivity contribution in [2.45, 2.75) is 6.92 Å². The molecule has 0 N–H and O–H groups in total. The van der Waals surface area contributed by atoms with Crippen molar-refractivity contribution in [3.63, 3.8) is 0 Å². The predicted octanol–water partition coefficient (Wildman–Crippen LogP) is 3.93. The number of ether oxygens (including phenoxy) is 2. The monoisotopic (exact) mass is 352 g/mol. The fraction of sp³-hybridized carbons (Fsp3) is 0.364. The molecule has 0 spiro atoms. The first-order valence-corrected chi connectivity index (χ1v) is 9.30. The summed E-state index contributed by atoms with van der Waals surface area (Å²) in [5.41, 5.74) is 2.33. The molecule has 3 rings (SSSR count). The van der Waals surface area contributed by atoms with E-state index >= 15 is 0 Å². The summed E-state index contributed by atoms with van der Waals surface area (Å²) < 4.78 is 11.2. The molecule has 0 bridgehead atoms. The smallest absolute Gasteiger partial charge is 0.142 e. The number of piperazine rings is 1. The van der Waals surface area contributed by atoms with Crippen molar-refractivity contribution in [2.75, 3.05) is 51.3 Å². The summed E-state index contributed by atoms with van der Waals surface area (Å²) in [6.07, 6.45) is 4.37. The largest absolute Gasteiger partial charge is 0.496 e. The van der Waals surface area contributed by atoms with Gasteiger partial charge in [-0.25, -0.2) is 0 Å². The lowest BCUT2D eigenvalue weighted by Crippen LogP contribution is -2.46. The van der Waals surface area contributed by atoms with Gasteiger partial charge in [-0.1, -0.05) is 42.5 Å². The summed E-state index contributed by atoms with van der Waals surface area (Å²) in [6.45, 7) is 7.83. The molecule has 2 aromatic carbocycles. The number of nitrogens with zero attached hydrogens (tertiary/aromatic N) is 2. The van der Waals surface area contributed by atoms with Crippen molar-refractivity contribution in [1.29, 1.82) is 0 Å². The van der Waals surface area contributed by atoms with E-state index in [2.05, 4.69) is 46.2 Å². The maximum atomic E-state index is 5.77. The minimum atomic E-state index is 0.699. The van der Waals surface area contributed by atoms with Crippen LogP contribution < -0.4 is 14.4 Å². The lowest BCUT2D eigenvalue weighted by molar-refractivity contribution is 0.282. The maximum Gasteiger partial charge on any atom is 0.142 e. The van der Waals surface area contributed by atoms with E-state index in [0.717, 1.165) is 49.8 Å². The lowest BCUT2D eigenvalue weighted by Gasteiger charge is -2.36. The van der Waals surface area contributed by atoms with Gasteiger partial charge in [-0.2, -0.15) is 0 Å². The standard InChI is InChI=1S/C22H28N2O2/c1-3-26-22-13-7-5-11-20(22)24-17-15-23(16-18-24)14-8-10-19-9-4-6-12-21(19)25-2/h4-13H,3,14-18H2,1-2H3. The van der Waals surface area contributed by atoms with Crippen LogP contribution in [0, 0.1) is 0 Å². The topological polar surface area (TPSA) is 24.9 Å². The number of hydrogen-bond acceptors (Lipinski definition) is 4. The SMILES string of the molecule is CCOc1ccccc1N1CCN(CC=Cc2ccccc2OC)CC1. The van der Waals surface area contributed by atoms with E-state index in [1.807, 2.05) is 31.2 Å². The molecule has 0 unspecified atom stereocenters. The summed E-state index contributed by atoms with van der Waals surface area (Å²) in [5.74, 6) is 1.90. The van der Waals surface area contributed by atoms with E-state index in [-0.39, 0.29) is 0 Å². The molecule has 26 heavy (non-hydrogen) atoms. The zero-order valence-corrected chi connectivity index (χ0v) is 15.7. The van der Waals surface area contributed by atoms with Gasteiger partial charge in [-0.15, -0.1) is 0 Å². The van der Waals surface area contributed by atoms with Gasteiger partial charge in [-0.05, 0) is 25.1 Å². The first-order valence-electron chi connectivity index (χ1n) is 9.30. The highest BCUT2D eigenvalue weighted by Crippen LogP contribution is 2.28. The minimum absolute atomic E-state index is 0.699. The van der Waals surface area contributed by atoms with Crippen molar-refractivity contribution < 1.29 is 9.47 Å². The Kier molecular flexibility index (Phi) is 6.56. The molecule has 1 aliphatic heterocycles. The summed E-state index contributed by atoms with van der Waals surface area (Å²) in [7, 11) is 1.71. The van der Waals surface area contributed by atoms with Crippen LogP contribution in [-0.2, 0) is 0 Å². The van der Waals surface area contributed by atoms with Gasteiger partial charge in [0.2, 0.25) is 0 Å². The van der Waals surface area contributed by atoms with Crippen LogP contribution in [0.2, 0.25) is 0 Å². The van der Waals surface area contributed by atoms with E-state index in [0.29, 0.717) is 6.61 Å². The second-order valence-electron chi connectivity index (χ2n) is 6.33. The molecule has 4 heteroatoms. The first kappa shape index (κ1) is 18.3. The first-order chi connectivity index (χ1) is 12.8. The van der Waals surface area contributed by atoms with Crippen LogP contribution in [0.4, 0.5) is 5.69 Å². The highest BCUT2D eigenvalue weighted by atomic mass is 16.5. The van der Waals surface area contributed by atoms with Crippen LogP contribution in [0.5, 0.6) is 11.5 Å². The Morgan fingerprint density at radius 3 is 2.35 bits per heavy atom.